The van der Waals surface area contributed by atoms with Crippen molar-refractivity contribution in [2.45, 2.75) is 18.4 Å². The van der Waals surface area contributed by atoms with E-state index < -0.39 is 0 Å². The molecule has 2 aliphatic rings. The zero-order valence-corrected chi connectivity index (χ0v) is 14.9. The summed E-state index contributed by atoms with van der Waals surface area (Å²) in [6, 6.07) is 14.0. The van der Waals surface area contributed by atoms with E-state index in [0.717, 1.165) is 12.1 Å². The molecule has 1 aliphatic carbocycles. The minimum Gasteiger partial charge on any atom is -0.479 e. The summed E-state index contributed by atoms with van der Waals surface area (Å²) in [5.41, 5.74) is 3.31. The first kappa shape index (κ1) is 16.3. The van der Waals surface area contributed by atoms with Crippen LogP contribution in [0.4, 0.5) is 5.69 Å². The van der Waals surface area contributed by atoms with Crippen LogP contribution >= 0.6 is 23.2 Å². The first-order chi connectivity index (χ1) is 12.2. The molecule has 5 heteroatoms. The average Bonchev–Trinajstić information content (AvgIpc) is 3.13. The molecule has 0 spiro atoms. The fourth-order valence-corrected chi connectivity index (χ4v) is 4.20. The Kier molecular flexibility index (Phi) is 4.33. The molecule has 25 heavy (non-hydrogen) atoms. The van der Waals surface area contributed by atoms with E-state index in [2.05, 4.69) is 23.5 Å². The van der Waals surface area contributed by atoms with Crippen molar-refractivity contribution in [3.05, 3.63) is 69.7 Å². The Hall–Kier alpha value is -2.15. The fraction of sp³-hybridized carbons (Fsp3) is 0.250. The maximum atomic E-state index is 8.61. The number of fused-ring (bicyclic) bond motifs is 3. The molecule has 0 fully saturated rings. The Bertz CT molecular complexity index is 871. The highest BCUT2D eigenvalue weighted by Gasteiger charge is 2.38. The summed E-state index contributed by atoms with van der Waals surface area (Å²) < 4.78 is 5.34. The highest BCUT2D eigenvalue weighted by Crippen LogP contribution is 2.52. The topological polar surface area (TPSA) is 45.0 Å². The third kappa shape index (κ3) is 2.86. The van der Waals surface area contributed by atoms with E-state index in [9.17, 15) is 0 Å². The molecule has 0 saturated carbocycles. The van der Waals surface area contributed by atoms with E-state index >= 15 is 0 Å². The van der Waals surface area contributed by atoms with Crippen molar-refractivity contribution < 1.29 is 4.74 Å². The quantitative estimate of drug-likeness (QED) is 0.702. The minimum absolute atomic E-state index is 0.0527. The van der Waals surface area contributed by atoms with Gasteiger partial charge in [0.2, 0.25) is 0 Å². The molecule has 0 bridgehead atoms. The molecule has 0 radical (unpaired) electrons. The lowest BCUT2D eigenvalue weighted by Gasteiger charge is -2.38. The average molecular weight is 371 g/mol. The zero-order valence-electron chi connectivity index (χ0n) is 13.4. The van der Waals surface area contributed by atoms with Gasteiger partial charge >= 0.3 is 0 Å². The van der Waals surface area contributed by atoms with Gasteiger partial charge in [-0.2, -0.15) is 5.26 Å². The third-order valence-corrected chi connectivity index (χ3v) is 5.77. The number of nitriles is 1. The standard InChI is InChI=1S/C20H16Cl2N2O/c21-17-9-8-16-14-2-1-3-15(14)19(24-20(16)18(17)22)12-4-6-13(7-5-12)25-11-10-23/h1-2,4-9,14-15,19,24H,3,11H2/t14-,15-,19+/m1/s1. The Morgan fingerprint density at radius 3 is 2.72 bits per heavy atom. The molecule has 0 amide bonds. The number of ether oxygens (including phenoxy) is 1. The second-order valence-corrected chi connectivity index (χ2v) is 7.10. The van der Waals surface area contributed by atoms with E-state index in [1.54, 1.807) is 0 Å². The first-order valence-corrected chi connectivity index (χ1v) is 8.95. The molecule has 126 valence electrons. The predicted molar refractivity (Wildman–Crippen MR) is 100 cm³/mol. The van der Waals surface area contributed by atoms with Crippen LogP contribution in [0.15, 0.2) is 48.6 Å². The van der Waals surface area contributed by atoms with Gasteiger partial charge in [0.05, 0.1) is 21.8 Å². The van der Waals surface area contributed by atoms with E-state index in [1.807, 2.05) is 36.4 Å². The molecule has 0 aromatic heterocycles. The summed E-state index contributed by atoms with van der Waals surface area (Å²) in [6.45, 7) is 0.0527. The summed E-state index contributed by atoms with van der Waals surface area (Å²) in [5.74, 6) is 1.48. The van der Waals surface area contributed by atoms with Crippen molar-refractivity contribution in [3.63, 3.8) is 0 Å². The minimum atomic E-state index is 0.0527. The van der Waals surface area contributed by atoms with Crippen LogP contribution in [0.25, 0.3) is 0 Å². The lowest BCUT2D eigenvalue weighted by molar-refractivity contribution is 0.367. The zero-order chi connectivity index (χ0) is 17.4. The van der Waals surface area contributed by atoms with Gasteiger partial charge in [-0.25, -0.2) is 0 Å². The Labute approximate surface area is 156 Å². The maximum absolute atomic E-state index is 8.61. The second-order valence-electron chi connectivity index (χ2n) is 6.32. The van der Waals surface area contributed by atoms with Crippen LogP contribution in [0, 0.1) is 17.2 Å². The second kappa shape index (κ2) is 6.63. The molecule has 1 N–H and O–H groups in total. The van der Waals surface area contributed by atoms with Gasteiger partial charge in [-0.15, -0.1) is 0 Å². The maximum Gasteiger partial charge on any atom is 0.174 e. The van der Waals surface area contributed by atoms with Crippen molar-refractivity contribution in [3.8, 4) is 11.8 Å². The van der Waals surface area contributed by atoms with Gasteiger partial charge in [0, 0.05) is 5.92 Å². The summed E-state index contributed by atoms with van der Waals surface area (Å²) >= 11 is 12.7. The normalized spacial score (nSPS) is 23.3. The SMILES string of the molecule is N#CCOc1ccc([C@@H]2Nc3c(ccc(Cl)c3Cl)[C@@H]3C=CC[C@H]32)cc1. The number of hydrogen-bond acceptors (Lipinski definition) is 3. The molecule has 2 aromatic carbocycles. The van der Waals surface area contributed by atoms with E-state index in [4.69, 9.17) is 33.2 Å². The van der Waals surface area contributed by atoms with Crippen molar-refractivity contribution in [1.82, 2.24) is 0 Å². The van der Waals surface area contributed by atoms with Crippen molar-refractivity contribution in [2.24, 2.45) is 5.92 Å². The number of nitrogens with zero attached hydrogens (tertiary/aromatic N) is 1. The lowest BCUT2D eigenvalue weighted by atomic mass is 9.77. The molecule has 0 unspecified atom stereocenters. The molecule has 1 aliphatic heterocycles. The van der Waals surface area contributed by atoms with Gasteiger partial charge in [0.15, 0.2) is 6.61 Å². The van der Waals surface area contributed by atoms with Crippen LogP contribution in [-0.4, -0.2) is 6.61 Å². The van der Waals surface area contributed by atoms with Crippen molar-refractivity contribution >= 4 is 28.9 Å². The van der Waals surface area contributed by atoms with Crippen molar-refractivity contribution in [1.29, 1.82) is 5.26 Å². The summed E-state index contributed by atoms with van der Waals surface area (Å²) in [5, 5.41) is 13.4. The highest BCUT2D eigenvalue weighted by molar-refractivity contribution is 6.43. The smallest absolute Gasteiger partial charge is 0.174 e. The van der Waals surface area contributed by atoms with Gasteiger partial charge in [-0.3, -0.25) is 0 Å². The molecule has 3 nitrogen and oxygen atoms in total. The monoisotopic (exact) mass is 370 g/mol. The van der Waals surface area contributed by atoms with Crippen LogP contribution in [0.5, 0.6) is 5.75 Å². The van der Waals surface area contributed by atoms with Crippen LogP contribution in [0.3, 0.4) is 0 Å². The molecule has 0 saturated heterocycles. The van der Waals surface area contributed by atoms with Gasteiger partial charge in [-0.1, -0.05) is 53.6 Å². The molecular weight excluding hydrogens is 355 g/mol. The summed E-state index contributed by atoms with van der Waals surface area (Å²) in [6.07, 6.45) is 5.53. The first-order valence-electron chi connectivity index (χ1n) is 8.20. The number of rotatable bonds is 3. The lowest BCUT2D eigenvalue weighted by Crippen LogP contribution is -2.29. The van der Waals surface area contributed by atoms with E-state index in [1.165, 1.54) is 11.1 Å². The van der Waals surface area contributed by atoms with Gasteiger partial charge in [0.25, 0.3) is 0 Å². The van der Waals surface area contributed by atoms with Crippen LogP contribution < -0.4 is 10.1 Å². The third-order valence-electron chi connectivity index (χ3n) is 4.97. The Morgan fingerprint density at radius 1 is 1.16 bits per heavy atom. The number of anilines is 1. The van der Waals surface area contributed by atoms with Crippen LogP contribution in [0.1, 0.15) is 29.5 Å². The van der Waals surface area contributed by atoms with Gasteiger partial charge in [-0.05, 0) is 41.7 Å². The number of allylic oxidation sites excluding steroid dienone is 2. The van der Waals surface area contributed by atoms with Crippen molar-refractivity contribution in [2.75, 3.05) is 11.9 Å². The van der Waals surface area contributed by atoms with Gasteiger partial charge < -0.3 is 10.1 Å². The Morgan fingerprint density at radius 2 is 1.96 bits per heavy atom. The van der Waals surface area contributed by atoms with Crippen LogP contribution in [0.2, 0.25) is 10.0 Å². The van der Waals surface area contributed by atoms with Gasteiger partial charge in [0.1, 0.15) is 11.8 Å². The number of benzene rings is 2. The highest BCUT2D eigenvalue weighted by atomic mass is 35.5. The summed E-state index contributed by atoms with van der Waals surface area (Å²) in [4.78, 5) is 0. The number of hydrogen-bond donors (Lipinski definition) is 1. The van der Waals surface area contributed by atoms with Crippen LogP contribution in [-0.2, 0) is 0 Å². The Balaban J connectivity index is 1.69. The summed E-state index contributed by atoms with van der Waals surface area (Å²) in [7, 11) is 0. The van der Waals surface area contributed by atoms with E-state index in [0.29, 0.717) is 27.6 Å². The molecule has 4 rings (SSSR count). The molecule has 3 atom stereocenters. The number of nitrogens with one attached hydrogen (secondary N) is 1. The molecular formula is C20H16Cl2N2O. The fourth-order valence-electron chi connectivity index (χ4n) is 3.82. The van der Waals surface area contributed by atoms with E-state index in [-0.39, 0.29) is 12.6 Å². The molecule has 1 heterocycles. The number of halogens is 2. The molecule has 2 aromatic rings. The largest absolute Gasteiger partial charge is 0.479 e. The predicted octanol–water partition coefficient (Wildman–Crippen LogP) is 5.72.